The second-order valence-electron chi connectivity index (χ2n) is 4.39. The summed E-state index contributed by atoms with van der Waals surface area (Å²) >= 11 is 0. The van der Waals surface area contributed by atoms with Gasteiger partial charge >= 0.3 is 0 Å². The molecule has 0 spiro atoms. The molecule has 1 heterocycles. The summed E-state index contributed by atoms with van der Waals surface area (Å²) in [7, 11) is 1.70. The zero-order valence-corrected chi connectivity index (χ0v) is 11.4. The van der Waals surface area contributed by atoms with Gasteiger partial charge in [0.15, 0.2) is 0 Å². The normalized spacial score (nSPS) is 14.4. The third kappa shape index (κ3) is 3.70. The maximum Gasteiger partial charge on any atom is 0.141 e. The van der Waals surface area contributed by atoms with Crippen molar-refractivity contribution in [3.63, 3.8) is 0 Å². The van der Waals surface area contributed by atoms with Gasteiger partial charge in [-0.3, -0.25) is 4.98 Å². The third-order valence-corrected chi connectivity index (χ3v) is 3.05. The molecular weight excluding hydrogens is 212 g/mol. The fraction of sp³-hybridized carbons (Fsp3) is 0.643. The van der Waals surface area contributed by atoms with E-state index in [-0.39, 0.29) is 6.04 Å². The minimum absolute atomic E-state index is 0.274. The number of hydrogen-bond donors (Lipinski definition) is 1. The number of ether oxygens (including phenoxy) is 1. The van der Waals surface area contributed by atoms with Crippen molar-refractivity contribution >= 4 is 0 Å². The summed E-state index contributed by atoms with van der Waals surface area (Å²) in [5, 5.41) is 3.52. The largest absolute Gasteiger partial charge is 0.495 e. The molecule has 1 rings (SSSR count). The standard InChI is InChI=1S/C14H24N2O/c1-5-8-11(3)13(15-6-2)14-12(17-4)9-7-10-16-14/h7,9-11,13,15H,5-6,8H2,1-4H3. The summed E-state index contributed by atoms with van der Waals surface area (Å²) in [5.74, 6) is 1.44. The Labute approximate surface area is 105 Å². The van der Waals surface area contributed by atoms with Crippen LogP contribution < -0.4 is 10.1 Å². The number of pyridine rings is 1. The van der Waals surface area contributed by atoms with Crippen LogP contribution in [0.1, 0.15) is 45.3 Å². The molecule has 96 valence electrons. The van der Waals surface area contributed by atoms with Crippen LogP contribution in [0, 0.1) is 5.92 Å². The van der Waals surface area contributed by atoms with Crippen LogP contribution in [0.4, 0.5) is 0 Å². The Morgan fingerprint density at radius 3 is 2.76 bits per heavy atom. The van der Waals surface area contributed by atoms with Crippen LogP contribution in [0.5, 0.6) is 5.75 Å². The van der Waals surface area contributed by atoms with Crippen LogP contribution in [-0.4, -0.2) is 18.6 Å². The van der Waals surface area contributed by atoms with Gasteiger partial charge in [0.25, 0.3) is 0 Å². The number of hydrogen-bond acceptors (Lipinski definition) is 3. The van der Waals surface area contributed by atoms with Gasteiger partial charge in [0.2, 0.25) is 0 Å². The van der Waals surface area contributed by atoms with E-state index in [4.69, 9.17) is 4.74 Å². The molecule has 3 heteroatoms. The molecule has 0 aliphatic rings. The number of aromatic nitrogens is 1. The molecule has 0 saturated carbocycles. The van der Waals surface area contributed by atoms with Gasteiger partial charge in [0.05, 0.1) is 18.8 Å². The predicted molar refractivity (Wildman–Crippen MR) is 71.3 cm³/mol. The second-order valence-corrected chi connectivity index (χ2v) is 4.39. The van der Waals surface area contributed by atoms with Crippen LogP contribution in [0.3, 0.4) is 0 Å². The summed E-state index contributed by atoms with van der Waals surface area (Å²) in [5.41, 5.74) is 1.03. The average molecular weight is 236 g/mol. The van der Waals surface area contributed by atoms with Crippen LogP contribution in [0.2, 0.25) is 0 Å². The minimum atomic E-state index is 0.274. The Bertz CT molecular complexity index is 328. The summed E-state index contributed by atoms with van der Waals surface area (Å²) in [4.78, 5) is 4.48. The maximum absolute atomic E-state index is 5.40. The van der Waals surface area contributed by atoms with Gasteiger partial charge in [-0.25, -0.2) is 0 Å². The van der Waals surface area contributed by atoms with E-state index in [9.17, 15) is 0 Å². The van der Waals surface area contributed by atoms with Crippen molar-refractivity contribution in [2.75, 3.05) is 13.7 Å². The van der Waals surface area contributed by atoms with Gasteiger partial charge < -0.3 is 10.1 Å². The molecule has 1 aromatic heterocycles. The van der Waals surface area contributed by atoms with Crippen molar-refractivity contribution in [3.05, 3.63) is 24.0 Å². The highest BCUT2D eigenvalue weighted by Crippen LogP contribution is 2.30. The van der Waals surface area contributed by atoms with E-state index in [2.05, 4.69) is 31.1 Å². The lowest BCUT2D eigenvalue weighted by Gasteiger charge is -2.25. The highest BCUT2D eigenvalue weighted by Gasteiger charge is 2.22. The lowest BCUT2D eigenvalue weighted by Crippen LogP contribution is -2.28. The summed E-state index contributed by atoms with van der Waals surface area (Å²) in [6, 6.07) is 4.16. The quantitative estimate of drug-likeness (QED) is 0.789. The Balaban J connectivity index is 2.95. The SMILES string of the molecule is CCCC(C)C(NCC)c1ncccc1OC. The fourth-order valence-electron chi connectivity index (χ4n) is 2.22. The molecule has 2 atom stereocenters. The summed E-state index contributed by atoms with van der Waals surface area (Å²) in [6.45, 7) is 7.56. The van der Waals surface area contributed by atoms with Crippen LogP contribution >= 0.6 is 0 Å². The number of methoxy groups -OCH3 is 1. The molecule has 0 aromatic carbocycles. The van der Waals surface area contributed by atoms with E-state index < -0.39 is 0 Å². The first-order valence-corrected chi connectivity index (χ1v) is 6.46. The molecule has 17 heavy (non-hydrogen) atoms. The Hall–Kier alpha value is -1.09. The molecule has 0 saturated heterocycles. The Kier molecular flexibility index (Phi) is 5.98. The first-order chi connectivity index (χ1) is 8.24. The van der Waals surface area contributed by atoms with Gasteiger partial charge in [-0.05, 0) is 31.0 Å². The zero-order chi connectivity index (χ0) is 12.7. The van der Waals surface area contributed by atoms with Gasteiger partial charge in [0, 0.05) is 6.20 Å². The average Bonchev–Trinajstić information content (AvgIpc) is 2.36. The van der Waals surface area contributed by atoms with Crippen molar-refractivity contribution in [2.45, 2.75) is 39.7 Å². The van der Waals surface area contributed by atoms with Crippen molar-refractivity contribution in [3.8, 4) is 5.75 Å². The topological polar surface area (TPSA) is 34.2 Å². The van der Waals surface area contributed by atoms with Crippen molar-refractivity contribution in [1.82, 2.24) is 10.3 Å². The molecule has 0 bridgehead atoms. The van der Waals surface area contributed by atoms with Crippen LogP contribution in [-0.2, 0) is 0 Å². The molecule has 2 unspecified atom stereocenters. The van der Waals surface area contributed by atoms with E-state index in [1.54, 1.807) is 7.11 Å². The van der Waals surface area contributed by atoms with Crippen molar-refractivity contribution in [2.24, 2.45) is 5.92 Å². The van der Waals surface area contributed by atoms with E-state index in [1.807, 2.05) is 18.3 Å². The predicted octanol–water partition coefficient (Wildman–Crippen LogP) is 3.18. The van der Waals surface area contributed by atoms with E-state index in [0.717, 1.165) is 18.0 Å². The first-order valence-electron chi connectivity index (χ1n) is 6.46. The van der Waals surface area contributed by atoms with E-state index >= 15 is 0 Å². The number of rotatable bonds is 7. The first kappa shape index (κ1) is 14.0. The Morgan fingerprint density at radius 1 is 1.41 bits per heavy atom. The molecule has 0 radical (unpaired) electrons. The zero-order valence-electron chi connectivity index (χ0n) is 11.4. The second kappa shape index (κ2) is 7.28. The monoisotopic (exact) mass is 236 g/mol. The summed E-state index contributed by atoms with van der Waals surface area (Å²) in [6.07, 6.45) is 4.22. The smallest absolute Gasteiger partial charge is 0.141 e. The van der Waals surface area contributed by atoms with Gasteiger partial charge in [0.1, 0.15) is 5.75 Å². The fourth-order valence-corrected chi connectivity index (χ4v) is 2.22. The minimum Gasteiger partial charge on any atom is -0.495 e. The lowest BCUT2D eigenvalue weighted by molar-refractivity contribution is 0.339. The van der Waals surface area contributed by atoms with E-state index in [1.165, 1.54) is 12.8 Å². The molecule has 0 fully saturated rings. The lowest BCUT2D eigenvalue weighted by atomic mass is 9.93. The molecule has 0 aliphatic heterocycles. The Morgan fingerprint density at radius 2 is 2.18 bits per heavy atom. The van der Waals surface area contributed by atoms with Crippen LogP contribution in [0.25, 0.3) is 0 Å². The molecule has 0 amide bonds. The molecule has 1 aromatic rings. The van der Waals surface area contributed by atoms with Gasteiger partial charge in [-0.15, -0.1) is 0 Å². The highest BCUT2D eigenvalue weighted by atomic mass is 16.5. The van der Waals surface area contributed by atoms with Gasteiger partial charge in [-0.2, -0.15) is 0 Å². The summed E-state index contributed by atoms with van der Waals surface area (Å²) < 4.78 is 5.40. The van der Waals surface area contributed by atoms with Crippen molar-refractivity contribution in [1.29, 1.82) is 0 Å². The van der Waals surface area contributed by atoms with Gasteiger partial charge in [-0.1, -0.05) is 27.2 Å². The van der Waals surface area contributed by atoms with Crippen molar-refractivity contribution < 1.29 is 4.74 Å². The molecule has 1 N–H and O–H groups in total. The molecule has 0 aliphatic carbocycles. The van der Waals surface area contributed by atoms with E-state index in [0.29, 0.717) is 5.92 Å². The highest BCUT2D eigenvalue weighted by molar-refractivity contribution is 5.29. The number of nitrogens with zero attached hydrogens (tertiary/aromatic N) is 1. The molecule has 3 nitrogen and oxygen atoms in total. The number of nitrogens with one attached hydrogen (secondary N) is 1. The van der Waals surface area contributed by atoms with Crippen LogP contribution in [0.15, 0.2) is 18.3 Å². The molecular formula is C14H24N2O. The maximum atomic E-state index is 5.40. The third-order valence-electron chi connectivity index (χ3n) is 3.05.